The van der Waals surface area contributed by atoms with E-state index in [1.54, 1.807) is 0 Å². The summed E-state index contributed by atoms with van der Waals surface area (Å²) in [6.07, 6.45) is 10.5. The smallest absolute Gasteiger partial charge is 0.410 e. The number of ether oxygens (including phenoxy) is 1. The number of amides is 2. The average molecular weight is 458 g/mol. The maximum Gasteiger partial charge on any atom is 0.410 e. The second kappa shape index (κ2) is 10.1. The van der Waals surface area contributed by atoms with E-state index in [4.69, 9.17) is 22.1 Å². The lowest BCUT2D eigenvalue weighted by molar-refractivity contribution is -0.139. The molecule has 2 fully saturated rings. The van der Waals surface area contributed by atoms with Crippen LogP contribution in [-0.2, 0) is 16.1 Å². The van der Waals surface area contributed by atoms with Gasteiger partial charge >= 0.3 is 6.09 Å². The van der Waals surface area contributed by atoms with E-state index in [9.17, 15) is 9.59 Å². The number of hydrogen-bond donors (Lipinski definition) is 1. The topological polar surface area (TPSA) is 75.9 Å². The minimum Gasteiger partial charge on any atom is -0.445 e. The minimum absolute atomic E-state index is 0.00157. The molecule has 4 rings (SSSR count). The quantitative estimate of drug-likeness (QED) is 0.723. The molecule has 2 aliphatic carbocycles. The van der Waals surface area contributed by atoms with Crippen LogP contribution in [0, 0.1) is 11.3 Å². The van der Waals surface area contributed by atoms with Crippen molar-refractivity contribution < 1.29 is 14.3 Å². The largest absolute Gasteiger partial charge is 0.445 e. The van der Waals surface area contributed by atoms with Crippen molar-refractivity contribution in [2.45, 2.75) is 44.8 Å². The Labute approximate surface area is 195 Å². The Bertz CT molecular complexity index is 878. The predicted octanol–water partition coefficient (Wildman–Crippen LogP) is 4.05. The van der Waals surface area contributed by atoms with E-state index in [0.717, 1.165) is 42.7 Å². The zero-order valence-electron chi connectivity index (χ0n) is 18.4. The number of benzene rings is 1. The van der Waals surface area contributed by atoms with Gasteiger partial charge < -0.3 is 15.4 Å². The molecule has 3 aliphatic rings. The monoisotopic (exact) mass is 457 g/mol. The Morgan fingerprint density at radius 1 is 1.19 bits per heavy atom. The van der Waals surface area contributed by atoms with Crippen LogP contribution in [0.15, 0.2) is 53.6 Å². The number of nitrogens with two attached hydrogens (primary N) is 1. The van der Waals surface area contributed by atoms with Gasteiger partial charge in [-0.15, -0.1) is 0 Å². The Kier molecular flexibility index (Phi) is 7.21. The molecule has 1 heterocycles. The number of halogens is 1. The van der Waals surface area contributed by atoms with E-state index in [-0.39, 0.29) is 30.5 Å². The van der Waals surface area contributed by atoms with E-state index in [2.05, 4.69) is 6.08 Å². The molecular weight excluding hydrogens is 426 g/mol. The molecule has 32 heavy (non-hydrogen) atoms. The molecule has 1 saturated heterocycles. The molecule has 1 saturated carbocycles. The van der Waals surface area contributed by atoms with Crippen LogP contribution in [0.5, 0.6) is 0 Å². The fourth-order valence-electron chi connectivity index (χ4n) is 5.32. The molecule has 172 valence electrons. The van der Waals surface area contributed by atoms with Gasteiger partial charge in [0.05, 0.1) is 0 Å². The summed E-state index contributed by atoms with van der Waals surface area (Å²) in [5.41, 5.74) is 7.23. The van der Waals surface area contributed by atoms with Crippen molar-refractivity contribution in [3.8, 4) is 0 Å². The highest BCUT2D eigenvalue weighted by Crippen LogP contribution is 2.47. The molecule has 6 nitrogen and oxygen atoms in total. The third-order valence-electron chi connectivity index (χ3n) is 7.34. The SMILES string of the molecule is NC[C@]1(C2C=CC=C(Cl)C2)CC[C@H](N2CCN(C(=O)OCc3ccccc3)CC2=O)CC1. The van der Waals surface area contributed by atoms with Gasteiger partial charge in [0, 0.05) is 24.2 Å². The highest BCUT2D eigenvalue weighted by molar-refractivity contribution is 6.29. The fraction of sp³-hybridized carbons (Fsp3) is 0.520. The van der Waals surface area contributed by atoms with Crippen molar-refractivity contribution in [3.63, 3.8) is 0 Å². The first-order valence-electron chi connectivity index (χ1n) is 11.5. The molecule has 0 bridgehead atoms. The van der Waals surface area contributed by atoms with Crippen molar-refractivity contribution in [2.75, 3.05) is 26.2 Å². The average Bonchev–Trinajstić information content (AvgIpc) is 2.83. The number of nitrogens with zero attached hydrogens (tertiary/aromatic N) is 2. The summed E-state index contributed by atoms with van der Waals surface area (Å²) < 4.78 is 5.39. The molecule has 0 spiro atoms. The summed E-state index contributed by atoms with van der Waals surface area (Å²) in [4.78, 5) is 28.8. The number of hydrogen-bond acceptors (Lipinski definition) is 4. The van der Waals surface area contributed by atoms with Crippen LogP contribution >= 0.6 is 11.6 Å². The first-order chi connectivity index (χ1) is 15.5. The summed E-state index contributed by atoms with van der Waals surface area (Å²) in [6, 6.07) is 9.77. The second-order valence-electron chi connectivity index (χ2n) is 9.16. The van der Waals surface area contributed by atoms with Gasteiger partial charge in [-0.2, -0.15) is 0 Å². The third kappa shape index (κ3) is 5.02. The van der Waals surface area contributed by atoms with Crippen LogP contribution in [0.3, 0.4) is 0 Å². The summed E-state index contributed by atoms with van der Waals surface area (Å²) in [7, 11) is 0. The molecule has 0 radical (unpaired) electrons. The molecule has 1 aliphatic heterocycles. The first kappa shape index (κ1) is 22.9. The Morgan fingerprint density at radius 3 is 2.59 bits per heavy atom. The number of rotatable bonds is 5. The van der Waals surface area contributed by atoms with Crippen molar-refractivity contribution in [3.05, 3.63) is 59.2 Å². The van der Waals surface area contributed by atoms with Crippen molar-refractivity contribution in [1.29, 1.82) is 0 Å². The van der Waals surface area contributed by atoms with E-state index < -0.39 is 6.09 Å². The van der Waals surface area contributed by atoms with Gasteiger partial charge in [-0.1, -0.05) is 54.1 Å². The lowest BCUT2D eigenvalue weighted by atomic mass is 9.63. The summed E-state index contributed by atoms with van der Waals surface area (Å²) in [6.45, 7) is 1.99. The van der Waals surface area contributed by atoms with Crippen LogP contribution in [0.4, 0.5) is 4.79 Å². The molecule has 7 heteroatoms. The van der Waals surface area contributed by atoms with Gasteiger partial charge in [-0.05, 0) is 61.6 Å². The van der Waals surface area contributed by atoms with Crippen LogP contribution in [0.1, 0.15) is 37.7 Å². The maximum atomic E-state index is 12.9. The number of allylic oxidation sites excluding steroid dienone is 4. The van der Waals surface area contributed by atoms with Crippen molar-refractivity contribution >= 4 is 23.6 Å². The Morgan fingerprint density at radius 2 is 1.94 bits per heavy atom. The van der Waals surface area contributed by atoms with Crippen molar-refractivity contribution in [2.24, 2.45) is 17.1 Å². The molecule has 1 atom stereocenters. The molecule has 1 aromatic carbocycles. The molecular formula is C25H32ClN3O3. The number of carbonyl (C=O) groups is 2. The fourth-order valence-corrected chi connectivity index (χ4v) is 5.55. The number of piperazine rings is 1. The summed E-state index contributed by atoms with van der Waals surface area (Å²) in [5.74, 6) is 0.361. The number of carbonyl (C=O) groups excluding carboxylic acids is 2. The lowest BCUT2D eigenvalue weighted by Gasteiger charge is -2.48. The predicted molar refractivity (Wildman–Crippen MR) is 125 cm³/mol. The standard InChI is InChI=1S/C25H32ClN3O3/c26-21-8-4-7-20(15-21)25(18-27)11-9-22(10-12-25)29-14-13-28(16-23(29)30)24(31)32-17-19-5-2-1-3-6-19/h1-8,20,22H,9-18,27H2/t20?,22-,25-. The van der Waals surface area contributed by atoms with Crippen LogP contribution in [-0.4, -0.2) is 54.0 Å². The van der Waals surface area contributed by atoms with Gasteiger partial charge in [-0.25, -0.2) is 4.79 Å². The molecule has 0 aromatic heterocycles. The van der Waals surface area contributed by atoms with Gasteiger partial charge in [0.25, 0.3) is 0 Å². The molecule has 2 amide bonds. The zero-order valence-corrected chi connectivity index (χ0v) is 19.2. The molecule has 1 aromatic rings. The van der Waals surface area contributed by atoms with Gasteiger partial charge in [0.15, 0.2) is 0 Å². The third-order valence-corrected chi connectivity index (χ3v) is 7.62. The Hall–Kier alpha value is -2.31. The van der Waals surface area contributed by atoms with E-state index in [1.807, 2.05) is 47.4 Å². The van der Waals surface area contributed by atoms with Crippen LogP contribution in [0.25, 0.3) is 0 Å². The lowest BCUT2D eigenvalue weighted by Crippen LogP contribution is -2.57. The van der Waals surface area contributed by atoms with Gasteiger partial charge in [0.1, 0.15) is 13.2 Å². The zero-order chi connectivity index (χ0) is 22.6. The first-order valence-corrected chi connectivity index (χ1v) is 11.9. The Balaban J connectivity index is 1.28. The van der Waals surface area contributed by atoms with E-state index in [0.29, 0.717) is 25.6 Å². The highest BCUT2D eigenvalue weighted by Gasteiger charge is 2.43. The van der Waals surface area contributed by atoms with Crippen LogP contribution in [0.2, 0.25) is 0 Å². The molecule has 1 unspecified atom stereocenters. The van der Waals surface area contributed by atoms with E-state index in [1.165, 1.54) is 4.90 Å². The second-order valence-corrected chi connectivity index (χ2v) is 9.64. The maximum absolute atomic E-state index is 12.9. The van der Waals surface area contributed by atoms with Crippen LogP contribution < -0.4 is 5.73 Å². The molecule has 2 N–H and O–H groups in total. The van der Waals surface area contributed by atoms with Gasteiger partial charge in [0.2, 0.25) is 5.91 Å². The van der Waals surface area contributed by atoms with Crippen molar-refractivity contribution in [1.82, 2.24) is 9.80 Å². The normalized spacial score (nSPS) is 28.4. The summed E-state index contributed by atoms with van der Waals surface area (Å²) in [5, 5.41) is 0.887. The highest BCUT2D eigenvalue weighted by atomic mass is 35.5. The van der Waals surface area contributed by atoms with Gasteiger partial charge in [-0.3, -0.25) is 9.69 Å². The summed E-state index contributed by atoms with van der Waals surface area (Å²) >= 11 is 6.29. The van der Waals surface area contributed by atoms with E-state index >= 15 is 0 Å². The minimum atomic E-state index is -0.429.